The van der Waals surface area contributed by atoms with Crippen LogP contribution in [0.1, 0.15) is 155 Å². The van der Waals surface area contributed by atoms with Crippen molar-refractivity contribution in [2.75, 3.05) is 13.2 Å². The van der Waals surface area contributed by atoms with E-state index < -0.39 is 83.5 Å². The third-order valence-electron chi connectivity index (χ3n) is 11.4. The number of unbranched alkanes of at least 4 members (excludes halogenated alkanes) is 10. The van der Waals surface area contributed by atoms with Crippen LogP contribution in [0.4, 0.5) is 0 Å². The molecule has 2 rings (SSSR count). The molecule has 400 valence electrons. The second-order valence-corrected chi connectivity index (χ2v) is 20.1. The highest BCUT2D eigenvalue weighted by Crippen LogP contribution is 2.49. The third kappa shape index (κ3) is 30.9. The van der Waals surface area contributed by atoms with E-state index >= 15 is 0 Å². The summed E-state index contributed by atoms with van der Waals surface area (Å²) in [7, 11) is -10.7. The summed E-state index contributed by atoms with van der Waals surface area (Å²) < 4.78 is 55.2. The summed E-state index contributed by atoms with van der Waals surface area (Å²) in [5, 5.41) is 41.3. The van der Waals surface area contributed by atoms with Crippen LogP contribution in [-0.2, 0) is 46.5 Å². The fourth-order valence-corrected chi connectivity index (χ4v) is 8.88. The van der Waals surface area contributed by atoms with Gasteiger partial charge in [-0.3, -0.25) is 23.2 Å². The number of rotatable bonds is 40. The maximum atomic E-state index is 13.0. The Bertz CT molecular complexity index is 1740. The lowest BCUT2D eigenvalue weighted by atomic mass is 9.85. The molecule has 17 nitrogen and oxygen atoms in total. The second-order valence-electron chi connectivity index (χ2n) is 17.5. The van der Waals surface area contributed by atoms with Crippen molar-refractivity contribution >= 4 is 27.6 Å². The number of phosphoric acid groups is 2. The Balaban J connectivity index is 1.80. The van der Waals surface area contributed by atoms with Crippen LogP contribution in [0.3, 0.4) is 0 Å². The molecule has 7 unspecified atom stereocenters. The number of epoxide rings is 1. The number of esters is 2. The number of ether oxygens (including phenoxy) is 3. The van der Waals surface area contributed by atoms with Crippen LogP contribution >= 0.6 is 15.6 Å². The molecular formula is C51H84O17P2. The molecule has 0 amide bonds. The predicted molar refractivity (Wildman–Crippen MR) is 268 cm³/mol. The first kappa shape index (κ1) is 63.3. The molecule has 2 aliphatic rings. The van der Waals surface area contributed by atoms with Crippen molar-refractivity contribution in [1.82, 2.24) is 0 Å². The Morgan fingerprint density at radius 2 is 1.00 bits per heavy atom. The van der Waals surface area contributed by atoms with Gasteiger partial charge in [0.15, 0.2) is 6.10 Å². The monoisotopic (exact) mass is 1030 g/mol. The highest BCUT2D eigenvalue weighted by Gasteiger charge is 2.54. The van der Waals surface area contributed by atoms with Crippen LogP contribution in [-0.4, -0.2) is 115 Å². The molecule has 70 heavy (non-hydrogen) atoms. The number of carbonyl (C=O) groups excluding carboxylic acids is 2. The van der Waals surface area contributed by atoms with Gasteiger partial charge in [0.1, 0.15) is 43.2 Å². The third-order valence-corrected chi connectivity index (χ3v) is 12.9. The minimum atomic E-state index is -5.38. The summed E-state index contributed by atoms with van der Waals surface area (Å²) in [6, 6.07) is 0. The minimum absolute atomic E-state index is 0.00779. The number of aliphatic hydroxyl groups excluding tert-OH is 4. The van der Waals surface area contributed by atoms with Crippen molar-refractivity contribution in [3.63, 3.8) is 0 Å². The smallest absolute Gasteiger partial charge is 0.462 e. The van der Waals surface area contributed by atoms with Gasteiger partial charge in [-0.25, -0.2) is 9.13 Å². The van der Waals surface area contributed by atoms with Gasteiger partial charge in [-0.1, -0.05) is 137 Å². The summed E-state index contributed by atoms with van der Waals surface area (Å²) in [6.45, 7) is 2.90. The average molecular weight is 1030 g/mol. The fourth-order valence-electron chi connectivity index (χ4n) is 7.34. The Morgan fingerprint density at radius 1 is 0.529 bits per heavy atom. The predicted octanol–water partition coefficient (Wildman–Crippen LogP) is 9.16. The van der Waals surface area contributed by atoms with Gasteiger partial charge in [0.05, 0.1) is 18.8 Å². The molecule has 1 aliphatic heterocycles. The highest BCUT2D eigenvalue weighted by atomic mass is 31.2. The molecule has 7 N–H and O–H groups in total. The van der Waals surface area contributed by atoms with Crippen molar-refractivity contribution in [1.29, 1.82) is 0 Å². The molecule has 1 saturated carbocycles. The molecule has 2 fully saturated rings. The average Bonchev–Trinajstić information content (AvgIpc) is 4.08. The largest absolute Gasteiger partial charge is 0.472 e. The lowest BCUT2D eigenvalue weighted by molar-refractivity contribution is -0.216. The SMILES string of the molecule is CC/C=C\C/C=C\C/C=C\C/C=C\CCCCCCCCC(=O)O[C@H](COC(=O)CCC/C=C\CC1OC1C/C=C\C/C=C\CCCCC)COP(=O)(O)O[C@H]1C(O)C(O)C(O)[C@@H](OP(=O)(O)O)C1O. The Hall–Kier alpha value is -2.86. The Labute approximate surface area is 416 Å². The number of allylic oxidation sites excluding steroid dienone is 12. The Morgan fingerprint density at radius 3 is 1.59 bits per heavy atom. The zero-order chi connectivity index (χ0) is 51.5. The minimum Gasteiger partial charge on any atom is -0.462 e. The molecule has 0 radical (unpaired) electrons. The maximum absolute atomic E-state index is 13.0. The molecule has 1 aliphatic carbocycles. The van der Waals surface area contributed by atoms with Gasteiger partial charge in [0.2, 0.25) is 0 Å². The van der Waals surface area contributed by atoms with Gasteiger partial charge in [-0.15, -0.1) is 0 Å². The first-order valence-corrected chi connectivity index (χ1v) is 28.3. The molecule has 0 aromatic carbocycles. The van der Waals surface area contributed by atoms with Gasteiger partial charge in [0.25, 0.3) is 0 Å². The molecule has 0 aromatic heterocycles. The van der Waals surface area contributed by atoms with Crippen molar-refractivity contribution < 1.29 is 81.6 Å². The first-order chi connectivity index (χ1) is 33.6. The van der Waals surface area contributed by atoms with E-state index in [1.54, 1.807) is 0 Å². The fraction of sp³-hybridized carbons (Fsp3) is 0.686. The van der Waals surface area contributed by atoms with Gasteiger partial charge in [-0.2, -0.15) is 0 Å². The van der Waals surface area contributed by atoms with Crippen molar-refractivity contribution in [2.24, 2.45) is 0 Å². The summed E-state index contributed by atoms with van der Waals surface area (Å²) in [4.78, 5) is 54.5. The number of hydrogen-bond donors (Lipinski definition) is 7. The van der Waals surface area contributed by atoms with E-state index in [-0.39, 0.29) is 25.0 Å². The van der Waals surface area contributed by atoms with Crippen LogP contribution in [0.5, 0.6) is 0 Å². The second kappa shape index (κ2) is 37.8. The Kier molecular flexibility index (Phi) is 34.2. The van der Waals surface area contributed by atoms with Crippen molar-refractivity contribution in [3.05, 3.63) is 85.1 Å². The number of carbonyl (C=O) groups is 2. The normalized spacial score (nSPS) is 24.6. The van der Waals surface area contributed by atoms with Crippen LogP contribution in [0.15, 0.2) is 85.1 Å². The zero-order valence-electron chi connectivity index (χ0n) is 41.4. The van der Waals surface area contributed by atoms with Crippen LogP contribution in [0.2, 0.25) is 0 Å². The molecule has 19 heteroatoms. The zero-order valence-corrected chi connectivity index (χ0v) is 43.1. The van der Waals surface area contributed by atoms with Crippen molar-refractivity contribution in [3.8, 4) is 0 Å². The van der Waals surface area contributed by atoms with E-state index in [0.29, 0.717) is 19.3 Å². The first-order valence-electron chi connectivity index (χ1n) is 25.3. The number of phosphoric ester groups is 2. The molecule has 0 bridgehead atoms. The molecule has 1 heterocycles. The quantitative estimate of drug-likeness (QED) is 0.00991. The standard InChI is InChI=1S/C51H84O17P2/c1-3-5-7-9-11-13-14-15-16-17-18-19-20-21-22-24-26-28-34-38-45(53)65-41(40-64-70(61,62)68-51-48(56)46(54)47(55)50(49(51)57)67-69(58,59)60)39-63-44(52)37-33-30-29-32-36-43-42(66-43)35-31-27-25-23-12-10-8-6-4-2/h5,7,11-13,15-16,18-19,23,27,29,31-32,41-43,46-51,54-57H,3-4,6,8-10,14,17,20-22,24-26,28,30,33-40H2,1-2H3,(H,61,62)(H2,58,59,60)/b7-5-,13-11-,16-15-,19-18-,23-12-,31-27-,32-29-/t41-,42?,43?,46?,47?,48?,49?,50-,51+/m1/s1. The lowest BCUT2D eigenvalue weighted by Gasteiger charge is -2.43. The van der Waals surface area contributed by atoms with Crippen LogP contribution < -0.4 is 0 Å². The number of hydrogen-bond acceptors (Lipinski definition) is 14. The van der Waals surface area contributed by atoms with Gasteiger partial charge < -0.3 is 49.3 Å². The highest BCUT2D eigenvalue weighted by molar-refractivity contribution is 7.47. The van der Waals surface area contributed by atoms with Gasteiger partial charge >= 0.3 is 27.6 Å². The molecule has 10 atom stereocenters. The van der Waals surface area contributed by atoms with E-state index in [4.69, 9.17) is 23.3 Å². The van der Waals surface area contributed by atoms with E-state index in [2.05, 4.69) is 91.3 Å². The molecule has 0 spiro atoms. The lowest BCUT2D eigenvalue weighted by Crippen LogP contribution is -2.64. The van der Waals surface area contributed by atoms with E-state index in [9.17, 15) is 53.8 Å². The van der Waals surface area contributed by atoms with Crippen molar-refractivity contribution in [2.45, 2.75) is 210 Å². The summed E-state index contributed by atoms with van der Waals surface area (Å²) in [5.74, 6) is -1.30. The molecule has 1 saturated heterocycles. The maximum Gasteiger partial charge on any atom is 0.472 e. The van der Waals surface area contributed by atoms with E-state index in [1.165, 1.54) is 19.3 Å². The van der Waals surface area contributed by atoms with E-state index in [1.807, 2.05) is 12.2 Å². The number of aliphatic hydroxyl groups is 4. The molecular weight excluding hydrogens is 946 g/mol. The van der Waals surface area contributed by atoms with Gasteiger partial charge in [-0.05, 0) is 89.9 Å². The summed E-state index contributed by atoms with van der Waals surface area (Å²) in [5.41, 5.74) is 0. The topological polar surface area (TPSA) is 269 Å². The summed E-state index contributed by atoms with van der Waals surface area (Å²) in [6.07, 6.45) is 34.1. The summed E-state index contributed by atoms with van der Waals surface area (Å²) >= 11 is 0. The van der Waals surface area contributed by atoms with E-state index in [0.717, 1.165) is 89.9 Å². The molecule has 0 aromatic rings. The van der Waals surface area contributed by atoms with Crippen LogP contribution in [0.25, 0.3) is 0 Å². The van der Waals surface area contributed by atoms with Gasteiger partial charge in [0, 0.05) is 12.8 Å². The van der Waals surface area contributed by atoms with Crippen LogP contribution in [0, 0.1) is 0 Å².